The van der Waals surface area contributed by atoms with E-state index in [1.807, 2.05) is 12.1 Å². The van der Waals surface area contributed by atoms with Gasteiger partial charge in [0.25, 0.3) is 0 Å². The first-order valence-electron chi connectivity index (χ1n) is 19.7. The van der Waals surface area contributed by atoms with Crippen LogP contribution in [0.1, 0.15) is 0 Å². The number of rotatable bonds is 7. The highest BCUT2D eigenvalue weighted by Gasteiger charge is 2.15. The SMILES string of the molecule is c1ccc(-c2ccc(-c3nc4c(ccc5cc(-c6ccc7ccc(N(c8ccccc8)c8ccc(-c9ccc%10ccccc%10c9)cc8)cc7c6)ccc54)o3)cc2)cc1. The van der Waals surface area contributed by atoms with Gasteiger partial charge in [-0.25, -0.2) is 4.98 Å². The minimum absolute atomic E-state index is 0.627. The molecule has 0 aliphatic heterocycles. The molecule has 0 aliphatic carbocycles. The van der Waals surface area contributed by atoms with Gasteiger partial charge in [-0.15, -0.1) is 0 Å². The Morgan fingerprint density at radius 1 is 0.310 bits per heavy atom. The van der Waals surface area contributed by atoms with Crippen molar-refractivity contribution in [2.75, 3.05) is 4.90 Å². The van der Waals surface area contributed by atoms with Crippen LogP contribution in [0, 0.1) is 0 Å². The van der Waals surface area contributed by atoms with E-state index in [0.717, 1.165) is 55.6 Å². The molecule has 0 fully saturated rings. The van der Waals surface area contributed by atoms with E-state index in [1.165, 1.54) is 43.8 Å². The molecule has 1 aromatic heterocycles. The normalized spacial score (nSPS) is 11.4. The number of oxazole rings is 1. The fourth-order valence-electron chi connectivity index (χ4n) is 8.21. The van der Waals surface area contributed by atoms with Crippen molar-refractivity contribution in [2.45, 2.75) is 0 Å². The largest absolute Gasteiger partial charge is 0.436 e. The third kappa shape index (κ3) is 6.16. The van der Waals surface area contributed by atoms with Crippen molar-refractivity contribution >= 4 is 60.5 Å². The van der Waals surface area contributed by atoms with Crippen LogP contribution in [0.4, 0.5) is 17.1 Å². The second kappa shape index (κ2) is 14.1. The maximum absolute atomic E-state index is 6.29. The number of hydrogen-bond acceptors (Lipinski definition) is 3. The predicted octanol–water partition coefficient (Wildman–Crippen LogP) is 15.4. The van der Waals surface area contributed by atoms with Crippen molar-refractivity contribution in [1.29, 1.82) is 0 Å². The zero-order valence-electron chi connectivity index (χ0n) is 31.6. The Bertz CT molecular complexity index is 3260. The van der Waals surface area contributed by atoms with Crippen LogP contribution in [0.15, 0.2) is 223 Å². The maximum atomic E-state index is 6.29. The molecule has 11 aromatic rings. The second-order valence-electron chi connectivity index (χ2n) is 14.8. The van der Waals surface area contributed by atoms with Gasteiger partial charge in [0.1, 0.15) is 5.52 Å². The van der Waals surface area contributed by atoms with E-state index >= 15 is 0 Å². The van der Waals surface area contributed by atoms with Gasteiger partial charge in [-0.05, 0) is 133 Å². The lowest BCUT2D eigenvalue weighted by atomic mass is 9.98. The van der Waals surface area contributed by atoms with E-state index in [-0.39, 0.29) is 0 Å². The summed E-state index contributed by atoms with van der Waals surface area (Å²) < 4.78 is 6.29. The van der Waals surface area contributed by atoms with E-state index in [9.17, 15) is 0 Å². The molecule has 3 nitrogen and oxygen atoms in total. The minimum Gasteiger partial charge on any atom is -0.436 e. The molecular formula is C55H36N2O. The lowest BCUT2D eigenvalue weighted by Crippen LogP contribution is -2.09. The maximum Gasteiger partial charge on any atom is 0.227 e. The highest BCUT2D eigenvalue weighted by atomic mass is 16.3. The van der Waals surface area contributed by atoms with Crippen molar-refractivity contribution in [1.82, 2.24) is 4.98 Å². The Kier molecular flexibility index (Phi) is 8.15. The molecule has 0 N–H and O–H groups in total. The van der Waals surface area contributed by atoms with Crippen molar-refractivity contribution in [2.24, 2.45) is 0 Å². The smallest absolute Gasteiger partial charge is 0.227 e. The molecule has 0 bridgehead atoms. The van der Waals surface area contributed by atoms with E-state index < -0.39 is 0 Å². The third-order valence-electron chi connectivity index (χ3n) is 11.3. The molecule has 0 saturated carbocycles. The van der Waals surface area contributed by atoms with Gasteiger partial charge in [0, 0.05) is 28.0 Å². The Balaban J connectivity index is 0.914. The number of nitrogens with zero attached hydrogens (tertiary/aromatic N) is 2. The summed E-state index contributed by atoms with van der Waals surface area (Å²) in [5.41, 5.74) is 13.0. The van der Waals surface area contributed by atoms with Crippen LogP contribution in [0.5, 0.6) is 0 Å². The molecule has 0 amide bonds. The molecule has 11 rings (SSSR count). The summed E-state index contributed by atoms with van der Waals surface area (Å²) in [7, 11) is 0. The zero-order chi connectivity index (χ0) is 38.4. The van der Waals surface area contributed by atoms with Crippen molar-refractivity contribution < 1.29 is 4.42 Å². The first-order chi connectivity index (χ1) is 28.7. The van der Waals surface area contributed by atoms with E-state index in [4.69, 9.17) is 9.40 Å². The summed E-state index contributed by atoms with van der Waals surface area (Å²) in [6.07, 6.45) is 0. The van der Waals surface area contributed by atoms with Gasteiger partial charge in [-0.2, -0.15) is 0 Å². The number of benzene rings is 10. The standard InChI is InChI=1S/C55H36N2O/c1-3-9-37(10-4-1)39-15-19-42(20-16-39)55-56-54-52-31-26-46(34-47(52)27-32-53(54)58-55)45-22-18-41-25-30-51(36-48(41)35-45)57(49-13-5-2-6-14-49)50-28-23-40(24-29-50)44-21-17-38-11-7-8-12-43(38)33-44/h1-36H. The van der Waals surface area contributed by atoms with Crippen LogP contribution in [0.2, 0.25) is 0 Å². The zero-order valence-corrected chi connectivity index (χ0v) is 31.6. The van der Waals surface area contributed by atoms with Gasteiger partial charge in [0.2, 0.25) is 5.89 Å². The summed E-state index contributed by atoms with van der Waals surface area (Å²) in [6, 6.07) is 77.8. The lowest BCUT2D eigenvalue weighted by molar-refractivity contribution is 0.620. The lowest BCUT2D eigenvalue weighted by Gasteiger charge is -2.26. The van der Waals surface area contributed by atoms with Crippen LogP contribution >= 0.6 is 0 Å². The fourth-order valence-corrected chi connectivity index (χ4v) is 8.21. The molecule has 58 heavy (non-hydrogen) atoms. The Hall–Kier alpha value is -7.75. The van der Waals surface area contributed by atoms with Gasteiger partial charge >= 0.3 is 0 Å². The van der Waals surface area contributed by atoms with Gasteiger partial charge in [0.05, 0.1) is 0 Å². The number of aromatic nitrogens is 1. The Morgan fingerprint density at radius 2 is 0.793 bits per heavy atom. The predicted molar refractivity (Wildman–Crippen MR) is 243 cm³/mol. The number of anilines is 3. The van der Waals surface area contributed by atoms with Crippen molar-refractivity contribution in [3.63, 3.8) is 0 Å². The molecule has 0 unspecified atom stereocenters. The molecule has 1 heterocycles. The third-order valence-corrected chi connectivity index (χ3v) is 11.3. The Morgan fingerprint density at radius 3 is 1.57 bits per heavy atom. The average molecular weight is 741 g/mol. The van der Waals surface area contributed by atoms with E-state index in [0.29, 0.717) is 5.89 Å². The van der Waals surface area contributed by atoms with Crippen LogP contribution in [0.25, 0.3) is 88.3 Å². The summed E-state index contributed by atoms with van der Waals surface area (Å²) in [5, 5.41) is 7.07. The van der Waals surface area contributed by atoms with E-state index in [2.05, 4.69) is 211 Å². The molecule has 0 radical (unpaired) electrons. The Labute approximate surface area is 336 Å². The molecule has 0 saturated heterocycles. The monoisotopic (exact) mass is 740 g/mol. The molecule has 10 aromatic carbocycles. The second-order valence-corrected chi connectivity index (χ2v) is 14.8. The molecule has 0 spiro atoms. The number of fused-ring (bicyclic) bond motifs is 5. The van der Waals surface area contributed by atoms with Crippen molar-refractivity contribution in [3.05, 3.63) is 218 Å². The first kappa shape index (κ1) is 33.6. The quantitative estimate of drug-likeness (QED) is 0.163. The van der Waals surface area contributed by atoms with Gasteiger partial charge < -0.3 is 9.32 Å². The molecule has 3 heteroatoms. The van der Waals surface area contributed by atoms with Gasteiger partial charge in [0.15, 0.2) is 5.58 Å². The van der Waals surface area contributed by atoms with Gasteiger partial charge in [-0.3, -0.25) is 0 Å². The minimum atomic E-state index is 0.627. The molecule has 0 atom stereocenters. The summed E-state index contributed by atoms with van der Waals surface area (Å²) in [6.45, 7) is 0. The molecule has 0 aliphatic rings. The number of hydrogen-bond donors (Lipinski definition) is 0. The first-order valence-corrected chi connectivity index (χ1v) is 19.7. The number of para-hydroxylation sites is 1. The van der Waals surface area contributed by atoms with Crippen LogP contribution < -0.4 is 4.90 Å². The highest BCUT2D eigenvalue weighted by Crippen LogP contribution is 2.39. The van der Waals surface area contributed by atoms with Crippen LogP contribution in [0.3, 0.4) is 0 Å². The van der Waals surface area contributed by atoms with Crippen molar-refractivity contribution in [3.8, 4) is 44.8 Å². The van der Waals surface area contributed by atoms with E-state index in [1.54, 1.807) is 0 Å². The van der Waals surface area contributed by atoms with Crippen LogP contribution in [-0.2, 0) is 0 Å². The molecular weight excluding hydrogens is 705 g/mol. The average Bonchev–Trinajstić information content (AvgIpc) is 3.75. The topological polar surface area (TPSA) is 29.3 Å². The summed E-state index contributed by atoms with van der Waals surface area (Å²) >= 11 is 0. The van der Waals surface area contributed by atoms with Gasteiger partial charge in [-0.1, -0.05) is 146 Å². The summed E-state index contributed by atoms with van der Waals surface area (Å²) in [5.74, 6) is 0.627. The fraction of sp³-hybridized carbons (Fsp3) is 0. The molecule has 272 valence electrons. The van der Waals surface area contributed by atoms with Crippen LogP contribution in [-0.4, -0.2) is 4.98 Å². The highest BCUT2D eigenvalue weighted by molar-refractivity contribution is 6.05. The summed E-state index contributed by atoms with van der Waals surface area (Å²) in [4.78, 5) is 7.33.